The van der Waals surface area contributed by atoms with Crippen molar-refractivity contribution in [2.75, 3.05) is 18.5 Å². The van der Waals surface area contributed by atoms with Crippen molar-refractivity contribution < 1.29 is 9.13 Å². The second kappa shape index (κ2) is 6.17. The summed E-state index contributed by atoms with van der Waals surface area (Å²) in [6, 6.07) is 11.3. The Bertz CT molecular complexity index is 743. The highest BCUT2D eigenvalue weighted by molar-refractivity contribution is 5.84. The Hall–Kier alpha value is -2.69. The molecule has 0 amide bonds. The molecule has 1 N–H and O–H groups in total. The molecule has 0 saturated carbocycles. The van der Waals surface area contributed by atoms with Crippen molar-refractivity contribution in [3.05, 3.63) is 60.8 Å². The minimum absolute atomic E-state index is 0.371. The number of fused-ring (bicyclic) bond motifs is 1. The van der Waals surface area contributed by atoms with E-state index in [-0.39, 0.29) is 5.82 Å². The summed E-state index contributed by atoms with van der Waals surface area (Å²) >= 11 is 0. The SMILES string of the molecule is Fc1cnccc1NCCOc1cccc2cccnc12. The van der Waals surface area contributed by atoms with Gasteiger partial charge in [0.1, 0.15) is 17.9 Å². The average Bonchev–Trinajstić information content (AvgIpc) is 2.53. The molecule has 0 radical (unpaired) electrons. The maximum atomic E-state index is 13.4. The highest BCUT2D eigenvalue weighted by atomic mass is 19.1. The van der Waals surface area contributed by atoms with Crippen LogP contribution < -0.4 is 10.1 Å². The van der Waals surface area contributed by atoms with Crippen LogP contribution in [0.4, 0.5) is 10.1 Å². The van der Waals surface area contributed by atoms with Crippen LogP contribution in [0.2, 0.25) is 0 Å². The number of hydrogen-bond acceptors (Lipinski definition) is 4. The third-order valence-electron chi connectivity index (χ3n) is 3.04. The molecule has 0 saturated heterocycles. The Morgan fingerprint density at radius 1 is 1.10 bits per heavy atom. The largest absolute Gasteiger partial charge is 0.489 e. The van der Waals surface area contributed by atoms with Gasteiger partial charge in [0.05, 0.1) is 11.9 Å². The van der Waals surface area contributed by atoms with Crippen LogP contribution in [0.3, 0.4) is 0 Å². The molecule has 0 aliphatic rings. The Morgan fingerprint density at radius 2 is 2.00 bits per heavy atom. The van der Waals surface area contributed by atoms with Crippen LogP contribution in [0, 0.1) is 5.82 Å². The molecule has 4 nitrogen and oxygen atoms in total. The molecule has 3 aromatic rings. The smallest absolute Gasteiger partial charge is 0.164 e. The van der Waals surface area contributed by atoms with Crippen molar-refractivity contribution >= 4 is 16.6 Å². The van der Waals surface area contributed by atoms with Crippen LogP contribution in [0.25, 0.3) is 10.9 Å². The van der Waals surface area contributed by atoms with E-state index >= 15 is 0 Å². The minimum atomic E-state index is -0.371. The molecule has 2 heterocycles. The molecule has 106 valence electrons. The summed E-state index contributed by atoms with van der Waals surface area (Å²) in [7, 11) is 0. The number of ether oxygens (including phenoxy) is 1. The van der Waals surface area contributed by atoms with Gasteiger partial charge in [-0.15, -0.1) is 0 Å². The zero-order valence-corrected chi connectivity index (χ0v) is 11.3. The molecule has 0 fully saturated rings. The van der Waals surface area contributed by atoms with E-state index in [0.717, 1.165) is 16.7 Å². The maximum Gasteiger partial charge on any atom is 0.164 e. The summed E-state index contributed by atoms with van der Waals surface area (Å²) in [6.07, 6.45) is 4.46. The van der Waals surface area contributed by atoms with Gasteiger partial charge in [0.25, 0.3) is 0 Å². The third-order valence-corrected chi connectivity index (χ3v) is 3.04. The van der Waals surface area contributed by atoms with Crippen LogP contribution in [0.1, 0.15) is 0 Å². The lowest BCUT2D eigenvalue weighted by atomic mass is 10.2. The van der Waals surface area contributed by atoms with Crippen molar-refractivity contribution in [3.63, 3.8) is 0 Å². The fourth-order valence-electron chi connectivity index (χ4n) is 2.06. The van der Waals surface area contributed by atoms with Crippen LogP contribution in [0.15, 0.2) is 55.0 Å². The predicted molar refractivity (Wildman–Crippen MR) is 79.9 cm³/mol. The van der Waals surface area contributed by atoms with Crippen molar-refractivity contribution in [2.24, 2.45) is 0 Å². The van der Waals surface area contributed by atoms with Crippen LogP contribution in [-0.2, 0) is 0 Å². The van der Waals surface area contributed by atoms with E-state index in [1.165, 1.54) is 6.20 Å². The van der Waals surface area contributed by atoms with Gasteiger partial charge in [0.15, 0.2) is 5.82 Å². The van der Waals surface area contributed by atoms with E-state index in [4.69, 9.17) is 4.74 Å². The number of halogens is 1. The molecule has 0 unspecified atom stereocenters. The van der Waals surface area contributed by atoms with Crippen LogP contribution in [-0.4, -0.2) is 23.1 Å². The fraction of sp³-hybridized carbons (Fsp3) is 0.125. The highest BCUT2D eigenvalue weighted by Crippen LogP contribution is 2.22. The Labute approximate surface area is 121 Å². The monoisotopic (exact) mass is 283 g/mol. The maximum absolute atomic E-state index is 13.4. The van der Waals surface area contributed by atoms with Gasteiger partial charge in [-0.2, -0.15) is 0 Å². The zero-order valence-electron chi connectivity index (χ0n) is 11.3. The number of rotatable bonds is 5. The van der Waals surface area contributed by atoms with Gasteiger partial charge in [-0.3, -0.25) is 9.97 Å². The average molecular weight is 283 g/mol. The van der Waals surface area contributed by atoms with Gasteiger partial charge in [-0.05, 0) is 18.2 Å². The van der Waals surface area contributed by atoms with Gasteiger partial charge in [0.2, 0.25) is 0 Å². The highest BCUT2D eigenvalue weighted by Gasteiger charge is 2.03. The van der Waals surface area contributed by atoms with Gasteiger partial charge in [-0.1, -0.05) is 18.2 Å². The zero-order chi connectivity index (χ0) is 14.5. The number of aromatic nitrogens is 2. The van der Waals surface area contributed by atoms with Crippen LogP contribution in [0.5, 0.6) is 5.75 Å². The molecule has 1 aromatic carbocycles. The molecule has 0 bridgehead atoms. The Kier molecular flexibility index (Phi) is 3.91. The summed E-state index contributed by atoms with van der Waals surface area (Å²) < 4.78 is 19.1. The van der Waals surface area contributed by atoms with Gasteiger partial charge < -0.3 is 10.1 Å². The number of benzene rings is 1. The van der Waals surface area contributed by atoms with Crippen LogP contribution >= 0.6 is 0 Å². The topological polar surface area (TPSA) is 47.0 Å². The van der Waals surface area contributed by atoms with Gasteiger partial charge >= 0.3 is 0 Å². The normalized spacial score (nSPS) is 10.5. The van der Waals surface area contributed by atoms with Crippen molar-refractivity contribution in [1.82, 2.24) is 9.97 Å². The van der Waals surface area contributed by atoms with E-state index in [1.807, 2.05) is 30.3 Å². The minimum Gasteiger partial charge on any atom is -0.489 e. The molecule has 3 rings (SSSR count). The van der Waals surface area contributed by atoms with Gasteiger partial charge in [-0.25, -0.2) is 4.39 Å². The quantitative estimate of drug-likeness (QED) is 0.730. The Morgan fingerprint density at radius 3 is 2.90 bits per heavy atom. The first-order chi connectivity index (χ1) is 10.3. The number of anilines is 1. The first-order valence-corrected chi connectivity index (χ1v) is 6.64. The lowest BCUT2D eigenvalue weighted by molar-refractivity contribution is 0.336. The number of nitrogens with one attached hydrogen (secondary N) is 1. The summed E-state index contributed by atoms with van der Waals surface area (Å²) in [5.74, 6) is 0.356. The fourth-order valence-corrected chi connectivity index (χ4v) is 2.06. The predicted octanol–water partition coefficient (Wildman–Crippen LogP) is 3.26. The van der Waals surface area contributed by atoms with E-state index in [1.54, 1.807) is 18.5 Å². The van der Waals surface area contributed by atoms with Crippen molar-refractivity contribution in [3.8, 4) is 5.75 Å². The van der Waals surface area contributed by atoms with Crippen molar-refractivity contribution in [2.45, 2.75) is 0 Å². The van der Waals surface area contributed by atoms with E-state index in [9.17, 15) is 4.39 Å². The first kappa shape index (κ1) is 13.3. The molecule has 0 aliphatic carbocycles. The second-order valence-corrected chi connectivity index (χ2v) is 4.46. The molecular weight excluding hydrogens is 269 g/mol. The molecular formula is C16H14FN3O. The van der Waals surface area contributed by atoms with E-state index in [2.05, 4.69) is 15.3 Å². The van der Waals surface area contributed by atoms with Crippen molar-refractivity contribution in [1.29, 1.82) is 0 Å². The summed E-state index contributed by atoms with van der Waals surface area (Å²) in [5, 5.41) is 4.00. The van der Waals surface area contributed by atoms with E-state index in [0.29, 0.717) is 18.8 Å². The summed E-state index contributed by atoms with van der Waals surface area (Å²) in [6.45, 7) is 0.904. The summed E-state index contributed by atoms with van der Waals surface area (Å²) in [4.78, 5) is 8.02. The molecule has 0 aliphatic heterocycles. The molecule has 0 atom stereocenters. The standard InChI is InChI=1S/C16H14FN3O/c17-13-11-18-8-6-14(13)19-9-10-21-15-5-1-3-12-4-2-7-20-16(12)15/h1-8,11H,9-10H2,(H,18,19). The Balaban J connectivity index is 1.61. The molecule has 5 heteroatoms. The third kappa shape index (κ3) is 3.08. The lowest BCUT2D eigenvalue weighted by Gasteiger charge is -2.10. The number of hydrogen-bond donors (Lipinski definition) is 1. The summed E-state index contributed by atoms with van der Waals surface area (Å²) in [5.41, 5.74) is 1.25. The second-order valence-electron chi connectivity index (χ2n) is 4.46. The molecule has 21 heavy (non-hydrogen) atoms. The number of pyridine rings is 2. The number of nitrogens with zero attached hydrogens (tertiary/aromatic N) is 2. The van der Waals surface area contributed by atoms with E-state index < -0.39 is 0 Å². The molecule has 2 aromatic heterocycles. The molecule has 0 spiro atoms. The van der Waals surface area contributed by atoms with Gasteiger partial charge in [0, 0.05) is 24.3 Å². The lowest BCUT2D eigenvalue weighted by Crippen LogP contribution is -2.12. The number of para-hydroxylation sites is 1. The first-order valence-electron chi connectivity index (χ1n) is 6.64.